The second kappa shape index (κ2) is 9.00. The number of hydrazine groups is 1. The van der Waals surface area contributed by atoms with Crippen LogP contribution in [0.4, 0.5) is 0 Å². The number of amides is 2. The van der Waals surface area contributed by atoms with Crippen molar-refractivity contribution in [1.82, 2.24) is 20.8 Å². The van der Waals surface area contributed by atoms with E-state index in [0.717, 1.165) is 12.2 Å². The molecule has 0 radical (unpaired) electrons. The van der Waals surface area contributed by atoms with E-state index in [-0.39, 0.29) is 5.69 Å². The highest BCUT2D eigenvalue weighted by molar-refractivity contribution is 9.10. The minimum atomic E-state index is -0.537. The molecule has 24 heavy (non-hydrogen) atoms. The van der Waals surface area contributed by atoms with Crippen molar-refractivity contribution in [1.29, 1.82) is 0 Å². The molecule has 2 rings (SSSR count). The van der Waals surface area contributed by atoms with Crippen LogP contribution in [0, 0.1) is 0 Å². The summed E-state index contributed by atoms with van der Waals surface area (Å²) in [6.07, 6.45) is 2.49. The van der Waals surface area contributed by atoms with Crippen LogP contribution in [0.25, 0.3) is 0 Å². The van der Waals surface area contributed by atoms with Crippen molar-refractivity contribution >= 4 is 51.1 Å². The molecule has 2 N–H and O–H groups in total. The molecule has 0 aliphatic rings. The summed E-state index contributed by atoms with van der Waals surface area (Å²) in [6, 6.07) is 6.31. The molecular formula is C15H14BrClN4O2S. The summed E-state index contributed by atoms with van der Waals surface area (Å²) in [5.41, 5.74) is 5.20. The summed E-state index contributed by atoms with van der Waals surface area (Å²) in [6.45, 7) is 2.05. The third-order valence-electron chi connectivity index (χ3n) is 2.77. The van der Waals surface area contributed by atoms with Gasteiger partial charge in [0.2, 0.25) is 0 Å². The first-order chi connectivity index (χ1) is 11.5. The summed E-state index contributed by atoms with van der Waals surface area (Å²) < 4.78 is 0.446. The highest BCUT2D eigenvalue weighted by atomic mass is 79.9. The molecule has 0 unspecified atom stereocenters. The summed E-state index contributed by atoms with van der Waals surface area (Å²) in [4.78, 5) is 32.5. The van der Waals surface area contributed by atoms with E-state index < -0.39 is 11.8 Å². The van der Waals surface area contributed by atoms with Gasteiger partial charge in [-0.3, -0.25) is 20.4 Å². The molecule has 0 fully saturated rings. The van der Waals surface area contributed by atoms with E-state index in [0.29, 0.717) is 20.2 Å². The first kappa shape index (κ1) is 18.7. The van der Waals surface area contributed by atoms with Crippen molar-refractivity contribution in [3.8, 4) is 0 Å². The molecule has 1 aromatic carbocycles. The lowest BCUT2D eigenvalue weighted by atomic mass is 10.2. The average Bonchev–Trinajstić information content (AvgIpc) is 2.59. The van der Waals surface area contributed by atoms with Gasteiger partial charge in [0.15, 0.2) is 5.16 Å². The highest BCUT2D eigenvalue weighted by Gasteiger charge is 2.15. The smallest absolute Gasteiger partial charge is 0.267 e. The molecular weight excluding hydrogens is 416 g/mol. The van der Waals surface area contributed by atoms with Crippen LogP contribution in [-0.4, -0.2) is 27.5 Å². The molecule has 6 nitrogen and oxygen atoms in total. The normalized spacial score (nSPS) is 10.3. The van der Waals surface area contributed by atoms with Crippen LogP contribution in [0.2, 0.25) is 5.02 Å². The molecule has 0 bridgehead atoms. The van der Waals surface area contributed by atoms with Crippen LogP contribution < -0.4 is 10.9 Å². The Bertz CT molecular complexity index is 743. The fourth-order valence-electron chi connectivity index (χ4n) is 1.62. The van der Waals surface area contributed by atoms with Gasteiger partial charge in [-0.1, -0.05) is 30.3 Å². The van der Waals surface area contributed by atoms with Crippen LogP contribution in [-0.2, 0) is 0 Å². The molecule has 9 heteroatoms. The van der Waals surface area contributed by atoms with Gasteiger partial charge in [0.1, 0.15) is 5.69 Å². The van der Waals surface area contributed by atoms with Gasteiger partial charge < -0.3 is 0 Å². The van der Waals surface area contributed by atoms with Gasteiger partial charge in [-0.25, -0.2) is 9.97 Å². The SMILES string of the molecule is CCCSc1ncc(Br)c(C(=O)NNC(=O)c2ccc(Cl)cc2)n1. The maximum atomic E-state index is 12.2. The zero-order chi connectivity index (χ0) is 17.5. The van der Waals surface area contributed by atoms with E-state index in [4.69, 9.17) is 11.6 Å². The van der Waals surface area contributed by atoms with Gasteiger partial charge >= 0.3 is 0 Å². The molecule has 126 valence electrons. The maximum Gasteiger partial charge on any atom is 0.289 e. The van der Waals surface area contributed by atoms with Crippen molar-refractivity contribution in [3.05, 3.63) is 51.2 Å². The Hall–Kier alpha value is -1.64. The van der Waals surface area contributed by atoms with Crippen molar-refractivity contribution in [3.63, 3.8) is 0 Å². The Kier molecular flexibility index (Phi) is 7.01. The number of hydrogen-bond acceptors (Lipinski definition) is 5. The molecule has 0 aliphatic carbocycles. The Balaban J connectivity index is 2.01. The van der Waals surface area contributed by atoms with Crippen molar-refractivity contribution in [2.24, 2.45) is 0 Å². The molecule has 0 aliphatic heterocycles. The Morgan fingerprint density at radius 1 is 1.21 bits per heavy atom. The molecule has 0 saturated heterocycles. The van der Waals surface area contributed by atoms with Gasteiger partial charge in [-0.05, 0) is 46.6 Å². The molecule has 1 aromatic heterocycles. The second-order valence-electron chi connectivity index (χ2n) is 4.61. The number of nitrogens with zero attached hydrogens (tertiary/aromatic N) is 2. The van der Waals surface area contributed by atoms with E-state index in [1.54, 1.807) is 24.3 Å². The molecule has 0 spiro atoms. The number of benzene rings is 1. The van der Waals surface area contributed by atoms with Crippen molar-refractivity contribution in [2.75, 3.05) is 5.75 Å². The zero-order valence-corrected chi connectivity index (χ0v) is 15.8. The minimum absolute atomic E-state index is 0.153. The number of nitrogens with one attached hydrogen (secondary N) is 2. The minimum Gasteiger partial charge on any atom is -0.267 e. The Morgan fingerprint density at radius 3 is 2.54 bits per heavy atom. The van der Waals surface area contributed by atoms with E-state index in [2.05, 4.69) is 36.7 Å². The monoisotopic (exact) mass is 428 g/mol. The summed E-state index contributed by atoms with van der Waals surface area (Å²) in [7, 11) is 0. The zero-order valence-electron chi connectivity index (χ0n) is 12.7. The van der Waals surface area contributed by atoms with Gasteiger partial charge in [-0.2, -0.15) is 0 Å². The molecule has 1 heterocycles. The lowest BCUT2D eigenvalue weighted by Gasteiger charge is -2.09. The van der Waals surface area contributed by atoms with Crippen molar-refractivity contribution in [2.45, 2.75) is 18.5 Å². The first-order valence-corrected chi connectivity index (χ1v) is 9.18. The number of carbonyl (C=O) groups is 2. The standard InChI is InChI=1S/C15H14BrClN4O2S/c1-2-7-24-15-18-8-11(16)12(19-15)14(23)21-20-13(22)9-3-5-10(17)6-4-9/h3-6,8H,2,7H2,1H3,(H,20,22)(H,21,23). The quantitative estimate of drug-likeness (QED) is 0.432. The number of rotatable bonds is 5. The van der Waals surface area contributed by atoms with E-state index in [1.165, 1.54) is 18.0 Å². The average molecular weight is 430 g/mol. The molecule has 0 saturated carbocycles. The fourth-order valence-corrected chi connectivity index (χ4v) is 2.79. The number of hydrogen-bond donors (Lipinski definition) is 2. The predicted molar refractivity (Wildman–Crippen MR) is 97.1 cm³/mol. The third kappa shape index (κ3) is 5.19. The molecule has 2 amide bonds. The lowest BCUT2D eigenvalue weighted by Crippen LogP contribution is -2.42. The summed E-state index contributed by atoms with van der Waals surface area (Å²) in [5, 5.41) is 1.03. The van der Waals surface area contributed by atoms with Crippen molar-refractivity contribution < 1.29 is 9.59 Å². The lowest BCUT2D eigenvalue weighted by molar-refractivity contribution is 0.0843. The van der Waals surface area contributed by atoms with Crippen LogP contribution in [0.15, 0.2) is 40.1 Å². The Labute approximate surface area is 156 Å². The number of carbonyl (C=O) groups excluding carboxylic acids is 2. The topological polar surface area (TPSA) is 84.0 Å². The third-order valence-corrected chi connectivity index (χ3v) is 4.67. The number of halogens is 2. The summed E-state index contributed by atoms with van der Waals surface area (Å²) in [5.74, 6) is -0.133. The Morgan fingerprint density at radius 2 is 1.88 bits per heavy atom. The largest absolute Gasteiger partial charge is 0.289 e. The van der Waals surface area contributed by atoms with Gasteiger partial charge in [-0.15, -0.1) is 0 Å². The predicted octanol–water partition coefficient (Wildman–Crippen LogP) is 3.47. The van der Waals surface area contributed by atoms with Crippen LogP contribution in [0.1, 0.15) is 34.2 Å². The van der Waals surface area contributed by atoms with Gasteiger partial charge in [0.25, 0.3) is 11.8 Å². The van der Waals surface area contributed by atoms with E-state index in [1.807, 2.05) is 6.92 Å². The highest BCUT2D eigenvalue weighted by Crippen LogP contribution is 2.19. The number of thioether (sulfide) groups is 1. The van der Waals surface area contributed by atoms with Crippen LogP contribution in [0.3, 0.4) is 0 Å². The molecule has 0 atom stereocenters. The fraction of sp³-hybridized carbons (Fsp3) is 0.200. The first-order valence-electron chi connectivity index (χ1n) is 7.03. The second-order valence-corrected chi connectivity index (χ2v) is 6.97. The van der Waals surface area contributed by atoms with Gasteiger partial charge in [0, 0.05) is 22.5 Å². The summed E-state index contributed by atoms with van der Waals surface area (Å²) >= 11 is 10.5. The van der Waals surface area contributed by atoms with E-state index >= 15 is 0 Å². The number of aromatic nitrogens is 2. The maximum absolute atomic E-state index is 12.2. The molecule has 2 aromatic rings. The van der Waals surface area contributed by atoms with Crippen LogP contribution in [0.5, 0.6) is 0 Å². The van der Waals surface area contributed by atoms with Crippen LogP contribution >= 0.6 is 39.3 Å². The van der Waals surface area contributed by atoms with Gasteiger partial charge in [0.05, 0.1) is 4.47 Å². The van der Waals surface area contributed by atoms with E-state index in [9.17, 15) is 9.59 Å².